The third-order valence-corrected chi connectivity index (χ3v) is 5.23. The Morgan fingerprint density at radius 1 is 0.684 bits per heavy atom. The molecule has 0 saturated heterocycles. The van der Waals surface area contributed by atoms with Crippen molar-refractivity contribution < 1.29 is 5.11 Å². The number of phenols is 1. The van der Waals surface area contributed by atoms with Gasteiger partial charge in [-0.15, -0.1) is 0 Å². The number of hydrogen-bond acceptors (Lipinski definition) is 1. The first-order valence-electron chi connectivity index (χ1n) is 5.84. The van der Waals surface area contributed by atoms with Gasteiger partial charge >= 0.3 is 0 Å². The van der Waals surface area contributed by atoms with Crippen LogP contribution in [0.2, 0.25) is 0 Å². The number of hydrogen-bond donors (Lipinski definition) is 1. The van der Waals surface area contributed by atoms with Gasteiger partial charge in [0, 0.05) is 15.4 Å². The summed E-state index contributed by atoms with van der Waals surface area (Å²) < 4.78 is 1.56. The van der Waals surface area contributed by atoms with Crippen LogP contribution in [-0.2, 0) is 0 Å². The first-order chi connectivity index (χ1) is 9.20. The Balaban J connectivity index is 2.48. The first-order valence-corrected chi connectivity index (χ1v) is 7.43. The maximum atomic E-state index is 10.2. The van der Waals surface area contributed by atoms with Gasteiger partial charge in [-0.05, 0) is 42.8 Å². The fourth-order valence-corrected chi connectivity index (χ4v) is 3.29. The molecule has 0 saturated carbocycles. The minimum atomic E-state index is 0.266. The van der Waals surface area contributed by atoms with Crippen LogP contribution in [0.3, 0.4) is 0 Å². The summed E-state index contributed by atoms with van der Waals surface area (Å²) in [5.41, 5.74) is 2.20. The van der Waals surface area contributed by atoms with Gasteiger partial charge in [0.25, 0.3) is 0 Å². The number of phenolic OH excluding ortho intramolecular Hbond substituents is 1. The second kappa shape index (κ2) is 4.99. The molecule has 0 aromatic heterocycles. The molecule has 3 rings (SSSR count). The van der Waals surface area contributed by atoms with Crippen LogP contribution >= 0.6 is 31.9 Å². The van der Waals surface area contributed by atoms with E-state index in [1.807, 2.05) is 42.5 Å². The molecular weight excluding hydrogens is 368 g/mol. The Morgan fingerprint density at radius 2 is 1.26 bits per heavy atom. The Hall–Kier alpha value is -1.32. The molecule has 19 heavy (non-hydrogen) atoms. The van der Waals surface area contributed by atoms with Gasteiger partial charge in [-0.25, -0.2) is 0 Å². The summed E-state index contributed by atoms with van der Waals surface area (Å²) in [6, 6.07) is 18.0. The van der Waals surface area contributed by atoms with Gasteiger partial charge in [-0.3, -0.25) is 0 Å². The van der Waals surface area contributed by atoms with Gasteiger partial charge < -0.3 is 5.11 Å². The third-order valence-electron chi connectivity index (χ3n) is 3.13. The highest BCUT2D eigenvalue weighted by Crippen LogP contribution is 2.46. The number of rotatable bonds is 1. The molecule has 0 heterocycles. The van der Waals surface area contributed by atoms with Crippen molar-refractivity contribution in [3.05, 3.63) is 63.5 Å². The summed E-state index contributed by atoms with van der Waals surface area (Å²) in [5, 5.41) is 12.1. The van der Waals surface area contributed by atoms with E-state index < -0.39 is 0 Å². The molecular formula is C16H10Br2O. The molecule has 3 heteroatoms. The number of aromatic hydroxyl groups is 1. The highest BCUT2D eigenvalue weighted by molar-refractivity contribution is 9.13. The van der Waals surface area contributed by atoms with Crippen LogP contribution in [0.15, 0.2) is 63.5 Å². The second-order valence-electron chi connectivity index (χ2n) is 4.26. The van der Waals surface area contributed by atoms with E-state index in [1.54, 1.807) is 0 Å². The SMILES string of the molecule is Oc1c(Br)c(Br)c(-c2ccccc2)c2ccccc12. The molecule has 0 atom stereocenters. The van der Waals surface area contributed by atoms with Crippen LogP contribution in [0.5, 0.6) is 5.75 Å². The van der Waals surface area contributed by atoms with Gasteiger partial charge in [-0.1, -0.05) is 54.6 Å². The number of benzene rings is 3. The molecule has 0 spiro atoms. The molecule has 0 aliphatic rings. The topological polar surface area (TPSA) is 20.2 Å². The average Bonchev–Trinajstić information content (AvgIpc) is 2.46. The summed E-state index contributed by atoms with van der Waals surface area (Å²) in [6.07, 6.45) is 0. The number of halogens is 2. The van der Waals surface area contributed by atoms with Crippen LogP contribution < -0.4 is 0 Å². The predicted molar refractivity (Wildman–Crippen MR) is 86.4 cm³/mol. The van der Waals surface area contributed by atoms with Gasteiger partial charge in [0.1, 0.15) is 5.75 Å². The smallest absolute Gasteiger partial charge is 0.138 e. The molecule has 1 nitrogen and oxygen atoms in total. The van der Waals surface area contributed by atoms with Crippen LogP contribution in [0.4, 0.5) is 0 Å². The zero-order chi connectivity index (χ0) is 13.4. The molecule has 0 bridgehead atoms. The van der Waals surface area contributed by atoms with Crippen LogP contribution in [0, 0.1) is 0 Å². The van der Waals surface area contributed by atoms with Crippen molar-refractivity contribution >= 4 is 42.6 Å². The second-order valence-corrected chi connectivity index (χ2v) is 5.85. The van der Waals surface area contributed by atoms with Crippen molar-refractivity contribution in [1.82, 2.24) is 0 Å². The summed E-state index contributed by atoms with van der Waals surface area (Å²) in [5.74, 6) is 0.266. The molecule has 3 aromatic carbocycles. The molecule has 0 aliphatic heterocycles. The van der Waals surface area contributed by atoms with E-state index in [9.17, 15) is 5.11 Å². The first kappa shape index (κ1) is 12.7. The Morgan fingerprint density at radius 3 is 1.95 bits per heavy atom. The molecule has 0 unspecified atom stereocenters. The third kappa shape index (κ3) is 2.07. The van der Waals surface area contributed by atoms with Crippen LogP contribution in [-0.4, -0.2) is 5.11 Å². The lowest BCUT2D eigenvalue weighted by molar-refractivity contribution is 0.478. The maximum absolute atomic E-state index is 10.2. The average molecular weight is 378 g/mol. The molecule has 0 amide bonds. The lowest BCUT2D eigenvalue weighted by Gasteiger charge is -2.13. The van der Waals surface area contributed by atoms with E-state index in [4.69, 9.17) is 0 Å². The summed E-state index contributed by atoms with van der Waals surface area (Å²) >= 11 is 7.03. The van der Waals surface area contributed by atoms with E-state index in [1.165, 1.54) is 0 Å². The van der Waals surface area contributed by atoms with E-state index in [0.29, 0.717) is 4.47 Å². The van der Waals surface area contributed by atoms with Crippen LogP contribution in [0.1, 0.15) is 0 Å². The normalized spacial score (nSPS) is 10.8. The Kier molecular flexibility index (Phi) is 3.33. The van der Waals surface area contributed by atoms with Gasteiger partial charge in [-0.2, -0.15) is 0 Å². The van der Waals surface area contributed by atoms with Crippen molar-refractivity contribution in [3.63, 3.8) is 0 Å². The Labute approximate surface area is 128 Å². The largest absolute Gasteiger partial charge is 0.506 e. The summed E-state index contributed by atoms with van der Waals surface area (Å²) in [6.45, 7) is 0. The number of fused-ring (bicyclic) bond motifs is 1. The van der Waals surface area contributed by atoms with Gasteiger partial charge in [0.15, 0.2) is 0 Å². The lowest BCUT2D eigenvalue weighted by Crippen LogP contribution is -1.86. The Bertz CT molecular complexity index is 752. The highest BCUT2D eigenvalue weighted by atomic mass is 79.9. The van der Waals surface area contributed by atoms with Crippen molar-refractivity contribution in [3.8, 4) is 16.9 Å². The van der Waals surface area contributed by atoms with E-state index in [0.717, 1.165) is 26.4 Å². The van der Waals surface area contributed by atoms with E-state index in [-0.39, 0.29) is 5.75 Å². The zero-order valence-corrected chi connectivity index (χ0v) is 13.1. The molecule has 94 valence electrons. The molecule has 0 fully saturated rings. The van der Waals surface area contributed by atoms with Crippen molar-refractivity contribution in [2.45, 2.75) is 0 Å². The maximum Gasteiger partial charge on any atom is 0.138 e. The zero-order valence-electron chi connectivity index (χ0n) is 9.90. The van der Waals surface area contributed by atoms with Gasteiger partial charge in [0.05, 0.1) is 4.47 Å². The minimum absolute atomic E-state index is 0.266. The summed E-state index contributed by atoms with van der Waals surface area (Å²) in [4.78, 5) is 0. The quantitative estimate of drug-likeness (QED) is 0.573. The minimum Gasteiger partial charge on any atom is -0.506 e. The highest BCUT2D eigenvalue weighted by Gasteiger charge is 2.16. The molecule has 0 aliphatic carbocycles. The van der Waals surface area contributed by atoms with Crippen molar-refractivity contribution in [2.24, 2.45) is 0 Å². The van der Waals surface area contributed by atoms with Crippen molar-refractivity contribution in [1.29, 1.82) is 0 Å². The standard InChI is InChI=1S/C16H10Br2O/c17-14-13(10-6-2-1-3-7-10)11-8-4-5-9-12(11)16(19)15(14)18/h1-9,19H. The van der Waals surface area contributed by atoms with E-state index >= 15 is 0 Å². The van der Waals surface area contributed by atoms with E-state index in [2.05, 4.69) is 44.0 Å². The fourth-order valence-electron chi connectivity index (χ4n) is 2.24. The lowest BCUT2D eigenvalue weighted by atomic mass is 9.98. The van der Waals surface area contributed by atoms with Crippen molar-refractivity contribution in [2.75, 3.05) is 0 Å². The molecule has 3 aromatic rings. The summed E-state index contributed by atoms with van der Waals surface area (Å²) in [7, 11) is 0. The van der Waals surface area contributed by atoms with Gasteiger partial charge in [0.2, 0.25) is 0 Å². The molecule has 0 radical (unpaired) electrons. The predicted octanol–water partition coefficient (Wildman–Crippen LogP) is 5.74. The monoisotopic (exact) mass is 376 g/mol. The molecule has 1 N–H and O–H groups in total. The van der Waals surface area contributed by atoms with Crippen LogP contribution in [0.25, 0.3) is 21.9 Å². The fraction of sp³-hybridized carbons (Fsp3) is 0.